The Labute approximate surface area is 164 Å². The average molecular weight is 403 g/mol. The van der Waals surface area contributed by atoms with Crippen molar-refractivity contribution >= 4 is 21.8 Å². The molecule has 3 rings (SSSR count). The fourth-order valence-electron chi connectivity index (χ4n) is 3.07. The van der Waals surface area contributed by atoms with Crippen LogP contribution < -0.4 is 4.72 Å². The monoisotopic (exact) mass is 403 g/mol. The highest BCUT2D eigenvalue weighted by atomic mass is 32.2. The number of rotatable bonds is 5. The molecule has 0 radical (unpaired) electrons. The molecular weight excluding hydrogens is 381 g/mol. The summed E-state index contributed by atoms with van der Waals surface area (Å²) < 4.78 is 40.4. The van der Waals surface area contributed by atoms with Crippen molar-refractivity contribution in [2.75, 3.05) is 7.05 Å². The molecular formula is C20H22FN3O3S. The number of sulfonamides is 1. The SMILES string of the molecule is CC(C)[C@@H](N=C1NS(=O)(=O)c2ccccc21)C(=O)N(C)Cc1cccc(F)c1. The first-order valence-corrected chi connectivity index (χ1v) is 10.4. The first-order chi connectivity index (χ1) is 13.2. The molecule has 2 aromatic carbocycles. The molecule has 2 aromatic rings. The van der Waals surface area contributed by atoms with E-state index in [-0.39, 0.29) is 34.9 Å². The van der Waals surface area contributed by atoms with Crippen molar-refractivity contribution in [2.24, 2.45) is 10.9 Å². The van der Waals surface area contributed by atoms with Crippen molar-refractivity contribution in [3.8, 4) is 0 Å². The number of amidine groups is 1. The predicted molar refractivity (Wildman–Crippen MR) is 105 cm³/mol. The summed E-state index contributed by atoms with van der Waals surface area (Å²) in [5.74, 6) is -0.625. The molecule has 1 N–H and O–H groups in total. The Kier molecular flexibility index (Phi) is 5.51. The Hall–Kier alpha value is -2.74. The molecule has 0 saturated carbocycles. The lowest BCUT2D eigenvalue weighted by atomic mass is 10.0. The number of nitrogens with one attached hydrogen (secondary N) is 1. The van der Waals surface area contributed by atoms with Gasteiger partial charge in [0.25, 0.3) is 10.0 Å². The highest BCUT2D eigenvalue weighted by Gasteiger charge is 2.33. The molecule has 6 nitrogen and oxygen atoms in total. The lowest BCUT2D eigenvalue weighted by Gasteiger charge is -2.24. The number of hydrogen-bond donors (Lipinski definition) is 1. The number of fused-ring (bicyclic) bond motifs is 1. The Morgan fingerprint density at radius 2 is 1.89 bits per heavy atom. The number of aliphatic imine (C=N–C) groups is 1. The van der Waals surface area contributed by atoms with Gasteiger partial charge >= 0.3 is 0 Å². The number of benzene rings is 2. The predicted octanol–water partition coefficient (Wildman–Crippen LogP) is 2.55. The molecule has 0 aliphatic carbocycles. The van der Waals surface area contributed by atoms with Gasteiger partial charge in [-0.25, -0.2) is 12.8 Å². The number of carbonyl (C=O) groups excluding carboxylic acids is 1. The van der Waals surface area contributed by atoms with Gasteiger partial charge in [0.15, 0.2) is 0 Å². The number of carbonyl (C=O) groups is 1. The molecule has 0 bridgehead atoms. The van der Waals surface area contributed by atoms with E-state index in [2.05, 4.69) is 9.71 Å². The molecule has 1 aliphatic heterocycles. The van der Waals surface area contributed by atoms with Gasteiger partial charge in [-0.05, 0) is 35.7 Å². The van der Waals surface area contributed by atoms with Crippen LogP contribution in [0.2, 0.25) is 0 Å². The number of hydrogen-bond acceptors (Lipinski definition) is 4. The fraction of sp³-hybridized carbons (Fsp3) is 0.300. The van der Waals surface area contributed by atoms with Crippen molar-refractivity contribution in [1.29, 1.82) is 0 Å². The summed E-state index contributed by atoms with van der Waals surface area (Å²) >= 11 is 0. The Bertz CT molecular complexity index is 1030. The topological polar surface area (TPSA) is 78.8 Å². The number of likely N-dealkylation sites (N-methyl/N-ethyl adjacent to an activating group) is 1. The van der Waals surface area contributed by atoms with E-state index in [0.29, 0.717) is 11.1 Å². The van der Waals surface area contributed by atoms with Gasteiger partial charge in [-0.1, -0.05) is 38.1 Å². The van der Waals surface area contributed by atoms with Crippen molar-refractivity contribution in [2.45, 2.75) is 31.3 Å². The molecule has 0 fully saturated rings. The minimum absolute atomic E-state index is 0.150. The van der Waals surface area contributed by atoms with Crippen molar-refractivity contribution in [1.82, 2.24) is 9.62 Å². The summed E-state index contributed by atoms with van der Waals surface area (Å²) in [7, 11) is -2.05. The van der Waals surface area contributed by atoms with Crippen LogP contribution in [-0.4, -0.2) is 38.2 Å². The first kappa shape index (κ1) is 20.0. The van der Waals surface area contributed by atoms with Gasteiger partial charge in [0, 0.05) is 19.2 Å². The van der Waals surface area contributed by atoms with E-state index in [4.69, 9.17) is 0 Å². The third-order valence-electron chi connectivity index (χ3n) is 4.50. The maximum absolute atomic E-state index is 13.4. The highest BCUT2D eigenvalue weighted by molar-refractivity contribution is 7.90. The lowest BCUT2D eigenvalue weighted by molar-refractivity contribution is -0.132. The van der Waals surface area contributed by atoms with Crippen LogP contribution in [0.1, 0.15) is 25.0 Å². The lowest BCUT2D eigenvalue weighted by Crippen LogP contribution is -2.39. The van der Waals surface area contributed by atoms with Crippen molar-refractivity contribution < 1.29 is 17.6 Å². The molecule has 0 unspecified atom stereocenters. The van der Waals surface area contributed by atoms with Gasteiger partial charge in [-0.2, -0.15) is 0 Å². The molecule has 0 spiro atoms. The van der Waals surface area contributed by atoms with Gasteiger partial charge in [-0.3, -0.25) is 14.5 Å². The zero-order valence-electron chi connectivity index (χ0n) is 15.9. The van der Waals surface area contributed by atoms with Gasteiger partial charge in [0.2, 0.25) is 5.91 Å². The maximum atomic E-state index is 13.4. The van der Waals surface area contributed by atoms with E-state index in [1.165, 1.54) is 23.1 Å². The molecule has 148 valence electrons. The van der Waals surface area contributed by atoms with Crippen LogP contribution in [0.5, 0.6) is 0 Å². The Morgan fingerprint density at radius 3 is 2.57 bits per heavy atom. The second-order valence-corrected chi connectivity index (χ2v) is 8.74. The molecule has 0 saturated heterocycles. The summed E-state index contributed by atoms with van der Waals surface area (Å²) in [5.41, 5.74) is 1.12. The first-order valence-electron chi connectivity index (χ1n) is 8.88. The smallest absolute Gasteiger partial charge is 0.263 e. The van der Waals surface area contributed by atoms with E-state index >= 15 is 0 Å². The summed E-state index contributed by atoms with van der Waals surface area (Å²) in [5, 5.41) is 0. The zero-order valence-corrected chi connectivity index (χ0v) is 16.7. The number of amides is 1. The van der Waals surface area contributed by atoms with Crippen LogP contribution in [0.15, 0.2) is 58.4 Å². The van der Waals surface area contributed by atoms with Gasteiger partial charge < -0.3 is 4.90 Å². The zero-order chi connectivity index (χ0) is 20.5. The van der Waals surface area contributed by atoms with Crippen LogP contribution in [-0.2, 0) is 21.4 Å². The van der Waals surface area contributed by atoms with Crippen LogP contribution >= 0.6 is 0 Å². The van der Waals surface area contributed by atoms with Crippen LogP contribution in [0.3, 0.4) is 0 Å². The van der Waals surface area contributed by atoms with Crippen LogP contribution in [0, 0.1) is 11.7 Å². The van der Waals surface area contributed by atoms with Gasteiger partial charge in [0.05, 0.1) is 4.90 Å². The van der Waals surface area contributed by atoms with Crippen molar-refractivity contribution in [3.63, 3.8) is 0 Å². The Morgan fingerprint density at radius 1 is 1.18 bits per heavy atom. The van der Waals surface area contributed by atoms with Gasteiger partial charge in [-0.15, -0.1) is 0 Å². The van der Waals surface area contributed by atoms with Crippen LogP contribution in [0.25, 0.3) is 0 Å². The third-order valence-corrected chi connectivity index (χ3v) is 5.90. The van der Waals surface area contributed by atoms with Crippen LogP contribution in [0.4, 0.5) is 4.39 Å². The summed E-state index contributed by atoms with van der Waals surface area (Å²) in [6.07, 6.45) is 0. The normalized spacial score (nSPS) is 17.2. The molecule has 1 amide bonds. The summed E-state index contributed by atoms with van der Waals surface area (Å²) in [4.78, 5) is 19.1. The molecule has 1 aliphatic rings. The minimum Gasteiger partial charge on any atom is -0.340 e. The second kappa shape index (κ2) is 7.71. The molecule has 1 heterocycles. The van der Waals surface area contributed by atoms with Gasteiger partial charge in [0.1, 0.15) is 17.7 Å². The largest absolute Gasteiger partial charge is 0.340 e. The highest BCUT2D eigenvalue weighted by Crippen LogP contribution is 2.24. The summed E-state index contributed by atoms with van der Waals surface area (Å²) in [6, 6.07) is 11.8. The fourth-order valence-corrected chi connectivity index (χ4v) is 4.31. The standard InChI is InChI=1S/C20H22FN3O3S/c1-13(2)18(20(25)24(3)12-14-7-6-8-15(21)11-14)22-19-16-9-4-5-10-17(16)28(26,27)23-19/h4-11,13,18H,12H2,1-3H3,(H,22,23)/t18-/m1/s1. The summed E-state index contributed by atoms with van der Waals surface area (Å²) in [6.45, 7) is 3.92. The Balaban J connectivity index is 1.88. The van der Waals surface area contributed by atoms with E-state index in [1.54, 1.807) is 37.4 Å². The molecule has 28 heavy (non-hydrogen) atoms. The molecule has 0 aromatic heterocycles. The number of halogens is 1. The van der Waals surface area contributed by atoms with E-state index < -0.39 is 16.1 Å². The van der Waals surface area contributed by atoms with E-state index in [9.17, 15) is 17.6 Å². The molecule has 8 heteroatoms. The van der Waals surface area contributed by atoms with Crippen molar-refractivity contribution in [3.05, 3.63) is 65.5 Å². The third kappa shape index (κ3) is 4.06. The second-order valence-electron chi connectivity index (χ2n) is 7.09. The quantitative estimate of drug-likeness (QED) is 0.833. The van der Waals surface area contributed by atoms with E-state index in [1.807, 2.05) is 13.8 Å². The maximum Gasteiger partial charge on any atom is 0.263 e. The number of nitrogens with zero attached hydrogens (tertiary/aromatic N) is 2. The minimum atomic E-state index is -3.67. The average Bonchev–Trinajstić information content (AvgIpc) is 2.89. The van der Waals surface area contributed by atoms with E-state index in [0.717, 1.165) is 0 Å². The molecule has 1 atom stereocenters.